The maximum absolute atomic E-state index is 14.3. The molecule has 6 rings (SSSR count). The standard InChI is InChI=1S/C34H33BrN4O5S2/c1-7-44-33(41)29-18(3)37-34-39(30(29)22-14-25(42-5)26(43-6)15-24(22)35)31(40)28(46-34)13-20-12-17(2)38(19(20)4)32-23(16-36)21-10-8-9-11-27(21)45-32/h12-15,30H,7-11H2,1-6H3/b28-13+/t30-/m1/s1. The summed E-state index contributed by atoms with van der Waals surface area (Å²) in [7, 11) is 3.09. The number of carbonyl (C=O) groups is 1. The second-order valence-electron chi connectivity index (χ2n) is 11.2. The van der Waals surface area contributed by atoms with E-state index in [1.165, 1.54) is 28.9 Å². The zero-order chi connectivity index (χ0) is 32.9. The summed E-state index contributed by atoms with van der Waals surface area (Å²) < 4.78 is 21.3. The van der Waals surface area contributed by atoms with E-state index < -0.39 is 12.0 Å². The molecule has 0 unspecified atom stereocenters. The van der Waals surface area contributed by atoms with Crippen molar-refractivity contribution in [3.05, 3.63) is 92.1 Å². The first-order valence-corrected chi connectivity index (χ1v) is 17.4. The normalized spacial score (nSPS) is 16.0. The SMILES string of the molecule is CCOC(=O)C1=C(C)N=c2s/c(=C/c3cc(C)n(-c4sc5c(c4C#N)CCCC5)c3C)c(=O)n2[C@@H]1c1cc(OC)c(OC)cc1Br. The molecule has 1 aromatic carbocycles. The van der Waals surface area contributed by atoms with Crippen molar-refractivity contribution >= 4 is 50.6 Å². The molecular weight excluding hydrogens is 688 g/mol. The van der Waals surface area contributed by atoms with Crippen LogP contribution in [0.5, 0.6) is 11.5 Å². The maximum atomic E-state index is 14.3. The van der Waals surface area contributed by atoms with Crippen LogP contribution in [0.25, 0.3) is 11.1 Å². The van der Waals surface area contributed by atoms with Gasteiger partial charge in [-0.3, -0.25) is 9.36 Å². The fraction of sp³-hybridized carbons (Fsp3) is 0.353. The van der Waals surface area contributed by atoms with Gasteiger partial charge in [0.2, 0.25) is 0 Å². The molecule has 3 aromatic heterocycles. The highest BCUT2D eigenvalue weighted by Gasteiger charge is 2.35. The van der Waals surface area contributed by atoms with E-state index >= 15 is 0 Å². The van der Waals surface area contributed by atoms with Crippen molar-refractivity contribution in [2.45, 2.75) is 59.4 Å². The van der Waals surface area contributed by atoms with E-state index in [0.717, 1.165) is 53.2 Å². The van der Waals surface area contributed by atoms with Crippen LogP contribution in [-0.2, 0) is 22.4 Å². The van der Waals surface area contributed by atoms with Crippen molar-refractivity contribution in [1.82, 2.24) is 9.13 Å². The van der Waals surface area contributed by atoms with Crippen molar-refractivity contribution in [3.8, 4) is 22.6 Å². The number of halogens is 1. The summed E-state index contributed by atoms with van der Waals surface area (Å²) in [4.78, 5) is 34.2. The highest BCUT2D eigenvalue weighted by Crippen LogP contribution is 2.41. The lowest BCUT2D eigenvalue weighted by Crippen LogP contribution is -2.40. The number of nitriles is 1. The summed E-state index contributed by atoms with van der Waals surface area (Å²) in [6.07, 6.45) is 6.07. The smallest absolute Gasteiger partial charge is 0.338 e. The van der Waals surface area contributed by atoms with Gasteiger partial charge in [-0.2, -0.15) is 5.26 Å². The molecule has 9 nitrogen and oxygen atoms in total. The van der Waals surface area contributed by atoms with E-state index in [1.54, 1.807) is 49.0 Å². The van der Waals surface area contributed by atoms with Crippen LogP contribution in [0, 0.1) is 25.2 Å². The lowest BCUT2D eigenvalue weighted by Gasteiger charge is -2.26. The zero-order valence-corrected chi connectivity index (χ0v) is 29.7. The molecule has 0 spiro atoms. The predicted octanol–water partition coefficient (Wildman–Crippen LogP) is 5.80. The number of esters is 1. The Kier molecular flexibility index (Phi) is 8.85. The second-order valence-corrected chi connectivity index (χ2v) is 14.1. The molecule has 0 fully saturated rings. The lowest BCUT2D eigenvalue weighted by atomic mass is 9.95. The van der Waals surface area contributed by atoms with E-state index in [4.69, 9.17) is 19.2 Å². The number of benzene rings is 1. The molecule has 1 aliphatic carbocycles. The van der Waals surface area contributed by atoms with Gasteiger partial charge in [0.15, 0.2) is 16.3 Å². The Balaban J connectivity index is 1.54. The summed E-state index contributed by atoms with van der Waals surface area (Å²) in [6, 6.07) is 7.23. The van der Waals surface area contributed by atoms with Crippen LogP contribution < -0.4 is 24.4 Å². The molecule has 4 aromatic rings. The molecule has 0 amide bonds. The number of thiophene rings is 1. The van der Waals surface area contributed by atoms with Crippen LogP contribution >= 0.6 is 38.6 Å². The predicted molar refractivity (Wildman–Crippen MR) is 182 cm³/mol. The molecule has 1 aliphatic heterocycles. The average molecular weight is 722 g/mol. The van der Waals surface area contributed by atoms with Gasteiger partial charge < -0.3 is 18.8 Å². The minimum atomic E-state index is -0.824. The third-order valence-electron chi connectivity index (χ3n) is 8.54. The third kappa shape index (κ3) is 5.24. The number of ether oxygens (including phenoxy) is 3. The summed E-state index contributed by atoms with van der Waals surface area (Å²) >= 11 is 6.62. The van der Waals surface area contributed by atoms with Crippen LogP contribution in [0.4, 0.5) is 0 Å². The molecule has 2 aliphatic rings. The molecule has 0 saturated heterocycles. The summed E-state index contributed by atoms with van der Waals surface area (Å²) in [5.74, 6) is 0.422. The molecule has 0 N–H and O–H groups in total. The lowest BCUT2D eigenvalue weighted by molar-refractivity contribution is -0.139. The van der Waals surface area contributed by atoms with Gasteiger partial charge in [-0.25, -0.2) is 9.79 Å². The second kappa shape index (κ2) is 12.7. The molecule has 4 heterocycles. The Morgan fingerprint density at radius 1 is 1.13 bits per heavy atom. The molecular formula is C34H33BrN4O5S2. The van der Waals surface area contributed by atoms with Crippen molar-refractivity contribution in [2.75, 3.05) is 20.8 Å². The molecule has 0 radical (unpaired) electrons. The number of hydrogen-bond acceptors (Lipinski definition) is 9. The van der Waals surface area contributed by atoms with Crippen LogP contribution in [0.2, 0.25) is 0 Å². The maximum Gasteiger partial charge on any atom is 0.338 e. The van der Waals surface area contributed by atoms with Gasteiger partial charge in [-0.05, 0) is 94.3 Å². The summed E-state index contributed by atoms with van der Waals surface area (Å²) in [5, 5.41) is 11.1. The van der Waals surface area contributed by atoms with Gasteiger partial charge in [0.25, 0.3) is 5.56 Å². The first kappa shape index (κ1) is 32.0. The minimum Gasteiger partial charge on any atom is -0.493 e. The highest BCUT2D eigenvalue weighted by atomic mass is 79.9. The van der Waals surface area contributed by atoms with E-state index in [2.05, 4.69) is 26.6 Å². The Morgan fingerprint density at radius 3 is 2.54 bits per heavy atom. The van der Waals surface area contributed by atoms with Crippen molar-refractivity contribution in [3.63, 3.8) is 0 Å². The number of hydrogen-bond donors (Lipinski definition) is 0. The Bertz CT molecular complexity index is 2160. The highest BCUT2D eigenvalue weighted by molar-refractivity contribution is 9.10. The van der Waals surface area contributed by atoms with E-state index in [0.29, 0.717) is 36.6 Å². The number of fused-ring (bicyclic) bond motifs is 2. The number of aryl methyl sites for hydroxylation is 2. The molecule has 12 heteroatoms. The van der Waals surface area contributed by atoms with Gasteiger partial charge >= 0.3 is 5.97 Å². The van der Waals surface area contributed by atoms with Crippen LogP contribution in [0.3, 0.4) is 0 Å². The van der Waals surface area contributed by atoms with Gasteiger partial charge in [-0.15, -0.1) is 11.3 Å². The number of thiazole rings is 1. The summed E-state index contributed by atoms with van der Waals surface area (Å²) in [5.41, 5.74) is 5.85. The minimum absolute atomic E-state index is 0.177. The van der Waals surface area contributed by atoms with Crippen molar-refractivity contribution in [2.24, 2.45) is 4.99 Å². The van der Waals surface area contributed by atoms with Crippen LogP contribution in [0.1, 0.15) is 71.2 Å². The topological polar surface area (TPSA) is 108 Å². The Labute approximate surface area is 282 Å². The van der Waals surface area contributed by atoms with Gasteiger partial charge in [-0.1, -0.05) is 27.3 Å². The average Bonchev–Trinajstić information content (AvgIpc) is 3.65. The molecule has 1 atom stereocenters. The van der Waals surface area contributed by atoms with Gasteiger partial charge in [0.05, 0.1) is 48.2 Å². The van der Waals surface area contributed by atoms with Crippen LogP contribution in [0.15, 0.2) is 43.7 Å². The fourth-order valence-electron chi connectivity index (χ4n) is 6.38. The first-order valence-electron chi connectivity index (χ1n) is 15.0. The molecule has 238 valence electrons. The fourth-order valence-corrected chi connectivity index (χ4v) is 9.40. The Hall–Kier alpha value is -3.92. The van der Waals surface area contributed by atoms with Crippen LogP contribution in [-0.4, -0.2) is 35.9 Å². The molecule has 0 saturated carbocycles. The quantitative estimate of drug-likeness (QED) is 0.224. The number of allylic oxidation sites excluding steroid dienone is 1. The number of nitrogens with zero attached hydrogens (tertiary/aromatic N) is 4. The molecule has 0 bridgehead atoms. The number of aromatic nitrogens is 2. The monoisotopic (exact) mass is 720 g/mol. The van der Waals surface area contributed by atoms with Gasteiger partial charge in [0, 0.05) is 20.7 Å². The summed E-state index contributed by atoms with van der Waals surface area (Å²) in [6.45, 7) is 7.71. The number of carbonyl (C=O) groups excluding carboxylic acids is 1. The largest absolute Gasteiger partial charge is 0.493 e. The first-order chi connectivity index (χ1) is 22.1. The zero-order valence-electron chi connectivity index (χ0n) is 26.4. The Morgan fingerprint density at radius 2 is 1.85 bits per heavy atom. The number of rotatable bonds is 7. The van der Waals surface area contributed by atoms with Crippen molar-refractivity contribution < 1.29 is 19.0 Å². The number of methoxy groups -OCH3 is 2. The third-order valence-corrected chi connectivity index (χ3v) is 11.5. The van der Waals surface area contributed by atoms with E-state index in [9.17, 15) is 14.9 Å². The van der Waals surface area contributed by atoms with Crippen molar-refractivity contribution in [1.29, 1.82) is 5.26 Å². The van der Waals surface area contributed by atoms with E-state index in [1.807, 2.05) is 26.0 Å². The molecule has 46 heavy (non-hydrogen) atoms. The van der Waals surface area contributed by atoms with E-state index in [-0.39, 0.29) is 17.7 Å². The van der Waals surface area contributed by atoms with Gasteiger partial charge in [0.1, 0.15) is 11.1 Å².